The fourth-order valence-corrected chi connectivity index (χ4v) is 2.59. The van der Waals surface area contributed by atoms with Gasteiger partial charge in [-0.05, 0) is 26.7 Å². The normalized spacial score (nSPS) is 15.8. The van der Waals surface area contributed by atoms with E-state index < -0.39 is 0 Å². The van der Waals surface area contributed by atoms with E-state index in [1.165, 1.54) is 12.8 Å². The number of nitrogens with two attached hydrogens (primary N) is 1. The van der Waals surface area contributed by atoms with Crippen molar-refractivity contribution in [2.45, 2.75) is 58.5 Å². The van der Waals surface area contributed by atoms with Gasteiger partial charge < -0.3 is 10.5 Å². The van der Waals surface area contributed by atoms with Crippen LogP contribution in [0, 0.1) is 0 Å². The van der Waals surface area contributed by atoms with Crippen molar-refractivity contribution in [2.75, 3.05) is 26.8 Å². The minimum atomic E-state index is 0.154. The second-order valence-electron chi connectivity index (χ2n) is 4.81. The van der Waals surface area contributed by atoms with Gasteiger partial charge in [0.2, 0.25) is 0 Å². The molecular weight excluding hydrogens is 200 g/mol. The second-order valence-corrected chi connectivity index (χ2v) is 4.81. The van der Waals surface area contributed by atoms with Gasteiger partial charge in [-0.15, -0.1) is 0 Å². The maximum Gasteiger partial charge on any atom is 0.0590 e. The Labute approximate surface area is 101 Å². The van der Waals surface area contributed by atoms with Crippen LogP contribution in [0.4, 0.5) is 0 Å². The molecule has 0 aliphatic rings. The topological polar surface area (TPSA) is 38.5 Å². The van der Waals surface area contributed by atoms with E-state index in [1.807, 2.05) is 0 Å². The molecule has 0 fully saturated rings. The molecule has 0 rings (SSSR count). The van der Waals surface area contributed by atoms with Crippen LogP contribution >= 0.6 is 0 Å². The van der Waals surface area contributed by atoms with Crippen LogP contribution in [0.5, 0.6) is 0 Å². The fraction of sp³-hybridized carbons (Fsp3) is 1.00. The van der Waals surface area contributed by atoms with Crippen LogP contribution in [0.1, 0.15) is 47.0 Å². The van der Waals surface area contributed by atoms with Gasteiger partial charge in [-0.3, -0.25) is 4.90 Å². The van der Waals surface area contributed by atoms with Gasteiger partial charge in [0.15, 0.2) is 0 Å². The predicted molar refractivity (Wildman–Crippen MR) is 70.7 cm³/mol. The monoisotopic (exact) mass is 230 g/mol. The van der Waals surface area contributed by atoms with E-state index in [9.17, 15) is 0 Å². The summed E-state index contributed by atoms with van der Waals surface area (Å²) in [5, 5.41) is 0. The van der Waals surface area contributed by atoms with Crippen LogP contribution in [-0.4, -0.2) is 43.3 Å². The summed E-state index contributed by atoms with van der Waals surface area (Å²) in [5.41, 5.74) is 6.19. The molecule has 0 aromatic heterocycles. The highest BCUT2D eigenvalue weighted by molar-refractivity contribution is 4.92. The highest BCUT2D eigenvalue weighted by Gasteiger charge is 2.34. The molecule has 1 unspecified atom stereocenters. The summed E-state index contributed by atoms with van der Waals surface area (Å²) in [6, 6.07) is 0.519. The van der Waals surface area contributed by atoms with Gasteiger partial charge in [0.1, 0.15) is 0 Å². The van der Waals surface area contributed by atoms with Crippen molar-refractivity contribution in [3.05, 3.63) is 0 Å². The zero-order chi connectivity index (χ0) is 12.6. The van der Waals surface area contributed by atoms with Crippen LogP contribution in [-0.2, 0) is 4.74 Å². The third kappa shape index (κ3) is 4.04. The standard InChI is InChI=1S/C13H30N2O/c1-6-8-13(7-2,11-14)15(12(3)4)9-10-16-5/h12H,6-11,14H2,1-5H3. The van der Waals surface area contributed by atoms with E-state index in [1.54, 1.807) is 7.11 Å². The largest absolute Gasteiger partial charge is 0.383 e. The SMILES string of the molecule is CCCC(CC)(CN)N(CCOC)C(C)C. The Hall–Kier alpha value is -0.120. The third-order valence-corrected chi connectivity index (χ3v) is 3.52. The van der Waals surface area contributed by atoms with Crippen LogP contribution in [0.25, 0.3) is 0 Å². The van der Waals surface area contributed by atoms with Crippen molar-refractivity contribution in [3.63, 3.8) is 0 Å². The smallest absolute Gasteiger partial charge is 0.0590 e. The molecular formula is C13H30N2O. The van der Waals surface area contributed by atoms with Crippen molar-refractivity contribution in [2.24, 2.45) is 5.73 Å². The van der Waals surface area contributed by atoms with E-state index in [-0.39, 0.29) is 5.54 Å². The van der Waals surface area contributed by atoms with E-state index in [0.717, 1.165) is 26.1 Å². The van der Waals surface area contributed by atoms with Gasteiger partial charge in [-0.1, -0.05) is 20.3 Å². The Bertz CT molecular complexity index is 167. The third-order valence-electron chi connectivity index (χ3n) is 3.52. The first-order valence-corrected chi connectivity index (χ1v) is 6.53. The first-order valence-electron chi connectivity index (χ1n) is 6.53. The Balaban J connectivity index is 4.76. The van der Waals surface area contributed by atoms with Crippen molar-refractivity contribution >= 4 is 0 Å². The van der Waals surface area contributed by atoms with Crippen LogP contribution in [0.3, 0.4) is 0 Å². The lowest BCUT2D eigenvalue weighted by molar-refractivity contribution is 0.0251. The lowest BCUT2D eigenvalue weighted by atomic mass is 9.87. The molecule has 0 aromatic carbocycles. The molecule has 16 heavy (non-hydrogen) atoms. The number of hydrogen-bond donors (Lipinski definition) is 1. The highest BCUT2D eigenvalue weighted by atomic mass is 16.5. The molecule has 0 aromatic rings. The average molecular weight is 230 g/mol. The summed E-state index contributed by atoms with van der Waals surface area (Å²) < 4.78 is 5.20. The van der Waals surface area contributed by atoms with E-state index in [4.69, 9.17) is 10.5 Å². The molecule has 0 radical (unpaired) electrons. The van der Waals surface area contributed by atoms with Crippen molar-refractivity contribution in [1.82, 2.24) is 4.90 Å². The van der Waals surface area contributed by atoms with Crippen molar-refractivity contribution in [1.29, 1.82) is 0 Å². The number of hydrogen-bond acceptors (Lipinski definition) is 3. The number of nitrogens with zero attached hydrogens (tertiary/aromatic N) is 1. The zero-order valence-corrected chi connectivity index (χ0v) is 11.8. The zero-order valence-electron chi connectivity index (χ0n) is 11.8. The molecule has 0 aliphatic carbocycles. The van der Waals surface area contributed by atoms with Crippen molar-refractivity contribution in [3.8, 4) is 0 Å². The molecule has 0 bridgehead atoms. The van der Waals surface area contributed by atoms with E-state index in [0.29, 0.717) is 6.04 Å². The highest BCUT2D eigenvalue weighted by Crippen LogP contribution is 2.26. The number of rotatable bonds is 9. The molecule has 0 saturated heterocycles. The molecule has 98 valence electrons. The van der Waals surface area contributed by atoms with Gasteiger partial charge in [0, 0.05) is 31.8 Å². The van der Waals surface area contributed by atoms with Crippen LogP contribution in [0.2, 0.25) is 0 Å². The molecule has 0 aliphatic heterocycles. The molecule has 0 amide bonds. The summed E-state index contributed by atoms with van der Waals surface area (Å²) in [6.45, 7) is 11.4. The molecule has 3 nitrogen and oxygen atoms in total. The molecule has 0 heterocycles. The van der Waals surface area contributed by atoms with E-state index >= 15 is 0 Å². The quantitative estimate of drug-likeness (QED) is 0.660. The fourth-order valence-electron chi connectivity index (χ4n) is 2.59. The predicted octanol–water partition coefficient (Wildman–Crippen LogP) is 2.25. The average Bonchev–Trinajstić information content (AvgIpc) is 2.27. The minimum absolute atomic E-state index is 0.154. The summed E-state index contributed by atoms with van der Waals surface area (Å²) in [7, 11) is 1.76. The molecule has 2 N–H and O–H groups in total. The first-order chi connectivity index (χ1) is 7.57. The number of ether oxygens (including phenoxy) is 1. The molecule has 1 atom stereocenters. The lowest BCUT2D eigenvalue weighted by Crippen LogP contribution is -2.57. The Morgan fingerprint density at radius 1 is 1.31 bits per heavy atom. The van der Waals surface area contributed by atoms with Crippen LogP contribution in [0.15, 0.2) is 0 Å². The Morgan fingerprint density at radius 2 is 1.94 bits per heavy atom. The number of methoxy groups -OCH3 is 1. The maximum absolute atomic E-state index is 6.03. The van der Waals surface area contributed by atoms with E-state index in [2.05, 4.69) is 32.6 Å². The van der Waals surface area contributed by atoms with Crippen molar-refractivity contribution < 1.29 is 4.74 Å². The van der Waals surface area contributed by atoms with Gasteiger partial charge in [0.25, 0.3) is 0 Å². The lowest BCUT2D eigenvalue weighted by Gasteiger charge is -2.45. The van der Waals surface area contributed by atoms with Gasteiger partial charge >= 0.3 is 0 Å². The molecule has 3 heteroatoms. The summed E-state index contributed by atoms with van der Waals surface area (Å²) in [6.07, 6.45) is 3.46. The van der Waals surface area contributed by atoms with Gasteiger partial charge in [-0.2, -0.15) is 0 Å². The van der Waals surface area contributed by atoms with Crippen LogP contribution < -0.4 is 5.73 Å². The van der Waals surface area contributed by atoms with Gasteiger partial charge in [0.05, 0.1) is 6.61 Å². The maximum atomic E-state index is 6.03. The second kappa shape index (κ2) is 8.04. The minimum Gasteiger partial charge on any atom is -0.383 e. The molecule has 0 spiro atoms. The Morgan fingerprint density at radius 3 is 2.25 bits per heavy atom. The van der Waals surface area contributed by atoms with Gasteiger partial charge in [-0.25, -0.2) is 0 Å². The summed E-state index contributed by atoms with van der Waals surface area (Å²) >= 11 is 0. The summed E-state index contributed by atoms with van der Waals surface area (Å²) in [5.74, 6) is 0. The Kier molecular flexibility index (Phi) is 7.98. The molecule has 0 saturated carbocycles. The first kappa shape index (κ1) is 15.9. The summed E-state index contributed by atoms with van der Waals surface area (Å²) in [4.78, 5) is 2.51.